The summed E-state index contributed by atoms with van der Waals surface area (Å²) in [6, 6.07) is 19.4. The maximum atomic E-state index is 13.1. The third kappa shape index (κ3) is 7.43. The highest BCUT2D eigenvalue weighted by atomic mass is 16.7. The standard InChI is InChI=1S/C23H32N2O3/c1-3-27-22(28-4-2)18-25(16-15-19-11-7-5-8-12-19)23(26)21(24)17-20-13-9-6-10-14-20/h5-14,21-22H,3-4,15-18,24H2,1-2H3. The van der Waals surface area contributed by atoms with E-state index >= 15 is 0 Å². The smallest absolute Gasteiger partial charge is 0.240 e. The fourth-order valence-electron chi connectivity index (χ4n) is 3.10. The van der Waals surface area contributed by atoms with Crippen molar-refractivity contribution in [2.24, 2.45) is 5.73 Å². The zero-order valence-electron chi connectivity index (χ0n) is 16.9. The van der Waals surface area contributed by atoms with Crippen molar-refractivity contribution >= 4 is 5.91 Å². The first kappa shape index (κ1) is 22.1. The molecule has 0 spiro atoms. The Labute approximate surface area is 168 Å². The minimum atomic E-state index is -0.595. The van der Waals surface area contributed by atoms with Crippen molar-refractivity contribution in [3.8, 4) is 0 Å². The number of nitrogens with zero attached hydrogens (tertiary/aromatic N) is 1. The van der Waals surface area contributed by atoms with Gasteiger partial charge in [0.2, 0.25) is 5.91 Å². The number of hydrogen-bond donors (Lipinski definition) is 1. The van der Waals surface area contributed by atoms with E-state index in [0.717, 1.165) is 12.0 Å². The van der Waals surface area contributed by atoms with Crippen LogP contribution in [-0.4, -0.2) is 49.4 Å². The van der Waals surface area contributed by atoms with Crippen molar-refractivity contribution in [3.05, 3.63) is 71.8 Å². The van der Waals surface area contributed by atoms with E-state index < -0.39 is 12.3 Å². The first-order valence-corrected chi connectivity index (χ1v) is 9.99. The molecule has 2 rings (SSSR count). The second kappa shape index (κ2) is 12.3. The topological polar surface area (TPSA) is 64.8 Å². The zero-order chi connectivity index (χ0) is 20.2. The molecule has 0 bridgehead atoms. The van der Waals surface area contributed by atoms with Crippen LogP contribution < -0.4 is 5.73 Å². The van der Waals surface area contributed by atoms with Gasteiger partial charge in [-0.2, -0.15) is 0 Å². The van der Waals surface area contributed by atoms with Crippen molar-refractivity contribution in [2.45, 2.75) is 39.0 Å². The Morgan fingerprint density at radius 3 is 2.00 bits per heavy atom. The second-order valence-electron chi connectivity index (χ2n) is 6.66. The molecular formula is C23H32N2O3. The van der Waals surface area contributed by atoms with Crippen LogP contribution in [0.4, 0.5) is 0 Å². The molecule has 152 valence electrons. The lowest BCUT2D eigenvalue weighted by molar-refractivity contribution is -0.159. The van der Waals surface area contributed by atoms with Gasteiger partial charge in [-0.15, -0.1) is 0 Å². The largest absolute Gasteiger partial charge is 0.351 e. The molecule has 0 aliphatic rings. The molecule has 2 N–H and O–H groups in total. The predicted octanol–water partition coefficient (Wildman–Crippen LogP) is 3.03. The van der Waals surface area contributed by atoms with Crippen molar-refractivity contribution in [3.63, 3.8) is 0 Å². The van der Waals surface area contributed by atoms with E-state index in [9.17, 15) is 4.79 Å². The first-order valence-electron chi connectivity index (χ1n) is 9.99. The highest BCUT2D eigenvalue weighted by Gasteiger charge is 2.24. The fraction of sp³-hybridized carbons (Fsp3) is 0.435. The highest BCUT2D eigenvalue weighted by Crippen LogP contribution is 2.09. The van der Waals surface area contributed by atoms with Gasteiger partial charge in [0.25, 0.3) is 0 Å². The SMILES string of the molecule is CCOC(CN(CCc1ccccc1)C(=O)C(N)Cc1ccccc1)OCC. The number of benzene rings is 2. The van der Waals surface area contributed by atoms with Crippen molar-refractivity contribution in [1.82, 2.24) is 4.90 Å². The van der Waals surface area contributed by atoms with Gasteiger partial charge in [-0.25, -0.2) is 0 Å². The molecule has 2 aromatic rings. The third-order valence-electron chi connectivity index (χ3n) is 4.52. The second-order valence-corrected chi connectivity index (χ2v) is 6.66. The summed E-state index contributed by atoms with van der Waals surface area (Å²) >= 11 is 0. The first-order chi connectivity index (χ1) is 13.6. The zero-order valence-corrected chi connectivity index (χ0v) is 16.9. The Hall–Kier alpha value is -2.21. The molecule has 1 unspecified atom stereocenters. The van der Waals surface area contributed by atoms with E-state index in [1.54, 1.807) is 4.90 Å². The molecule has 0 saturated carbocycles. The van der Waals surface area contributed by atoms with E-state index in [1.807, 2.05) is 62.4 Å². The Kier molecular flexibility index (Phi) is 9.69. The number of nitrogens with two attached hydrogens (primary N) is 1. The average Bonchev–Trinajstić information content (AvgIpc) is 2.72. The van der Waals surface area contributed by atoms with Crippen LogP contribution in [0.25, 0.3) is 0 Å². The highest BCUT2D eigenvalue weighted by molar-refractivity contribution is 5.82. The van der Waals surface area contributed by atoms with Gasteiger partial charge in [-0.05, 0) is 37.8 Å². The summed E-state index contributed by atoms with van der Waals surface area (Å²) in [7, 11) is 0. The number of carbonyl (C=O) groups excluding carboxylic acids is 1. The lowest BCUT2D eigenvalue weighted by Crippen LogP contribution is -2.49. The Morgan fingerprint density at radius 2 is 1.46 bits per heavy atom. The predicted molar refractivity (Wildman–Crippen MR) is 112 cm³/mol. The van der Waals surface area contributed by atoms with Crippen molar-refractivity contribution in [1.29, 1.82) is 0 Å². The number of carbonyl (C=O) groups is 1. The molecule has 0 aliphatic heterocycles. The molecule has 0 saturated heterocycles. The Bertz CT molecular complexity index is 673. The summed E-state index contributed by atoms with van der Waals surface area (Å²) in [4.78, 5) is 14.9. The average molecular weight is 385 g/mol. The molecular weight excluding hydrogens is 352 g/mol. The van der Waals surface area contributed by atoms with E-state index in [-0.39, 0.29) is 5.91 Å². The van der Waals surface area contributed by atoms with Crippen LogP contribution in [0.2, 0.25) is 0 Å². The number of rotatable bonds is 12. The van der Waals surface area contributed by atoms with Crippen LogP contribution in [0.5, 0.6) is 0 Å². The van der Waals surface area contributed by atoms with Crippen LogP contribution in [0, 0.1) is 0 Å². The van der Waals surface area contributed by atoms with Gasteiger partial charge >= 0.3 is 0 Å². The molecule has 0 aromatic heterocycles. The lowest BCUT2D eigenvalue weighted by Gasteiger charge is -2.29. The van der Waals surface area contributed by atoms with Gasteiger partial charge in [-0.3, -0.25) is 4.79 Å². The van der Waals surface area contributed by atoms with E-state index in [2.05, 4.69) is 12.1 Å². The molecule has 5 heteroatoms. The number of amides is 1. The normalized spacial score (nSPS) is 12.1. The van der Waals surface area contributed by atoms with Crippen molar-refractivity contribution < 1.29 is 14.3 Å². The monoisotopic (exact) mass is 384 g/mol. The van der Waals surface area contributed by atoms with E-state index in [4.69, 9.17) is 15.2 Å². The summed E-state index contributed by atoms with van der Waals surface area (Å²) < 4.78 is 11.3. The van der Waals surface area contributed by atoms with Gasteiger partial charge < -0.3 is 20.1 Å². The van der Waals surface area contributed by atoms with Crippen LogP contribution in [0.3, 0.4) is 0 Å². The summed E-state index contributed by atoms with van der Waals surface area (Å²) in [6.07, 6.45) is 0.823. The van der Waals surface area contributed by atoms with E-state index in [1.165, 1.54) is 5.56 Å². The summed E-state index contributed by atoms with van der Waals surface area (Å²) in [6.45, 7) is 5.84. The van der Waals surface area contributed by atoms with Gasteiger partial charge in [0.1, 0.15) is 0 Å². The summed E-state index contributed by atoms with van der Waals surface area (Å²) in [5.41, 5.74) is 8.50. The van der Waals surface area contributed by atoms with Crippen molar-refractivity contribution in [2.75, 3.05) is 26.3 Å². The quantitative estimate of drug-likeness (QED) is 0.571. The van der Waals surface area contributed by atoms with Crippen LogP contribution in [-0.2, 0) is 27.1 Å². The fourth-order valence-corrected chi connectivity index (χ4v) is 3.10. The Balaban J connectivity index is 2.06. The van der Waals surface area contributed by atoms with Gasteiger partial charge in [0.05, 0.1) is 12.6 Å². The van der Waals surface area contributed by atoms with Gasteiger partial charge in [-0.1, -0.05) is 60.7 Å². The molecule has 2 aromatic carbocycles. The molecule has 0 aliphatic carbocycles. The van der Waals surface area contributed by atoms with Gasteiger partial charge in [0, 0.05) is 19.8 Å². The number of hydrogen-bond acceptors (Lipinski definition) is 4. The van der Waals surface area contributed by atoms with Crippen LogP contribution in [0.15, 0.2) is 60.7 Å². The summed E-state index contributed by atoms with van der Waals surface area (Å²) in [5.74, 6) is -0.0795. The maximum absolute atomic E-state index is 13.1. The molecule has 0 radical (unpaired) electrons. The molecule has 0 fully saturated rings. The molecule has 1 amide bonds. The minimum Gasteiger partial charge on any atom is -0.351 e. The molecule has 28 heavy (non-hydrogen) atoms. The van der Waals surface area contributed by atoms with Crippen LogP contribution >= 0.6 is 0 Å². The summed E-state index contributed by atoms with van der Waals surface area (Å²) in [5, 5.41) is 0. The lowest BCUT2D eigenvalue weighted by atomic mass is 10.1. The maximum Gasteiger partial charge on any atom is 0.240 e. The molecule has 1 atom stereocenters. The van der Waals surface area contributed by atoms with Crippen LogP contribution in [0.1, 0.15) is 25.0 Å². The molecule has 5 nitrogen and oxygen atoms in total. The number of ether oxygens (including phenoxy) is 2. The molecule has 0 heterocycles. The Morgan fingerprint density at radius 1 is 0.929 bits per heavy atom. The minimum absolute atomic E-state index is 0.0795. The van der Waals surface area contributed by atoms with E-state index in [0.29, 0.717) is 32.7 Å². The third-order valence-corrected chi connectivity index (χ3v) is 4.52. The van der Waals surface area contributed by atoms with Gasteiger partial charge in [0.15, 0.2) is 6.29 Å².